The van der Waals surface area contributed by atoms with E-state index in [1.165, 1.54) is 0 Å². The lowest BCUT2D eigenvalue weighted by Crippen LogP contribution is -2.00. The summed E-state index contributed by atoms with van der Waals surface area (Å²) in [7, 11) is 0. The lowest BCUT2D eigenvalue weighted by molar-refractivity contribution is 0.111. The van der Waals surface area contributed by atoms with Crippen molar-refractivity contribution in [2.45, 2.75) is 12.5 Å². The Bertz CT molecular complexity index is 336. The van der Waals surface area contributed by atoms with E-state index in [0.29, 0.717) is 11.1 Å². The number of terminal acetylenes is 1. The predicted octanol–water partition coefficient (Wildman–Crippen LogP) is 1.56. The summed E-state index contributed by atoms with van der Waals surface area (Å²) < 4.78 is 0. The van der Waals surface area contributed by atoms with Gasteiger partial charge in [0.05, 0.1) is 6.10 Å². The highest BCUT2D eigenvalue weighted by Gasteiger charge is 2.09. The Labute approximate surface area is 77.2 Å². The molecule has 0 aliphatic rings. The summed E-state index contributed by atoms with van der Waals surface area (Å²) >= 11 is 0. The average molecular weight is 174 g/mol. The van der Waals surface area contributed by atoms with Crippen molar-refractivity contribution in [1.29, 1.82) is 0 Å². The minimum atomic E-state index is -0.744. The third-order valence-corrected chi connectivity index (χ3v) is 1.79. The first-order chi connectivity index (χ1) is 6.29. The van der Waals surface area contributed by atoms with Gasteiger partial charge in [0.25, 0.3) is 0 Å². The second kappa shape index (κ2) is 4.44. The smallest absolute Gasteiger partial charge is 0.150 e. The molecule has 0 spiro atoms. The molecule has 0 radical (unpaired) electrons. The number of aliphatic hydroxyl groups is 1. The molecule has 13 heavy (non-hydrogen) atoms. The van der Waals surface area contributed by atoms with Crippen LogP contribution in [0.1, 0.15) is 28.4 Å². The van der Waals surface area contributed by atoms with Gasteiger partial charge in [0.1, 0.15) is 6.29 Å². The molecule has 0 heterocycles. The number of hydrogen-bond acceptors (Lipinski definition) is 2. The molecular formula is C11H10O2. The van der Waals surface area contributed by atoms with Gasteiger partial charge in [-0.15, -0.1) is 12.3 Å². The van der Waals surface area contributed by atoms with Crippen molar-refractivity contribution in [3.8, 4) is 12.3 Å². The highest BCUT2D eigenvalue weighted by molar-refractivity contribution is 5.77. The normalized spacial score (nSPS) is 11.7. The highest BCUT2D eigenvalue weighted by Crippen LogP contribution is 2.18. The van der Waals surface area contributed by atoms with Gasteiger partial charge in [-0.2, -0.15) is 0 Å². The maximum Gasteiger partial charge on any atom is 0.150 e. The van der Waals surface area contributed by atoms with Crippen LogP contribution in [0.25, 0.3) is 0 Å². The number of carbonyl (C=O) groups excluding carboxylic acids is 1. The van der Waals surface area contributed by atoms with E-state index in [2.05, 4.69) is 5.92 Å². The fraction of sp³-hybridized carbons (Fsp3) is 0.182. The second-order valence-corrected chi connectivity index (χ2v) is 2.67. The van der Waals surface area contributed by atoms with E-state index in [1.54, 1.807) is 24.3 Å². The van der Waals surface area contributed by atoms with Crippen LogP contribution < -0.4 is 0 Å². The van der Waals surface area contributed by atoms with Crippen molar-refractivity contribution in [3.05, 3.63) is 35.4 Å². The highest BCUT2D eigenvalue weighted by atomic mass is 16.3. The molecule has 0 unspecified atom stereocenters. The first-order valence-electron chi connectivity index (χ1n) is 3.95. The van der Waals surface area contributed by atoms with Gasteiger partial charge in [0, 0.05) is 12.0 Å². The van der Waals surface area contributed by atoms with E-state index in [-0.39, 0.29) is 6.42 Å². The number of rotatable bonds is 3. The van der Waals surface area contributed by atoms with Gasteiger partial charge in [0.2, 0.25) is 0 Å². The van der Waals surface area contributed by atoms with Crippen LogP contribution in [-0.2, 0) is 0 Å². The molecule has 0 bridgehead atoms. The SMILES string of the molecule is C#CC[C@@H](O)c1ccccc1C=O. The molecule has 2 heteroatoms. The molecule has 0 amide bonds. The first-order valence-corrected chi connectivity index (χ1v) is 3.95. The number of carbonyl (C=O) groups is 1. The molecule has 1 aromatic carbocycles. The van der Waals surface area contributed by atoms with E-state index in [0.717, 1.165) is 6.29 Å². The Morgan fingerprint density at radius 3 is 2.85 bits per heavy atom. The zero-order chi connectivity index (χ0) is 9.68. The lowest BCUT2D eigenvalue weighted by atomic mass is 10.0. The Balaban J connectivity index is 2.99. The summed E-state index contributed by atoms with van der Waals surface area (Å²) in [5, 5.41) is 9.53. The first kappa shape index (κ1) is 9.50. The third kappa shape index (κ3) is 2.17. The van der Waals surface area contributed by atoms with Crippen molar-refractivity contribution in [2.24, 2.45) is 0 Å². The molecule has 0 aliphatic heterocycles. The van der Waals surface area contributed by atoms with Crippen LogP contribution >= 0.6 is 0 Å². The van der Waals surface area contributed by atoms with E-state index in [9.17, 15) is 9.90 Å². The monoisotopic (exact) mass is 174 g/mol. The fourth-order valence-electron chi connectivity index (χ4n) is 1.14. The van der Waals surface area contributed by atoms with E-state index >= 15 is 0 Å². The van der Waals surface area contributed by atoms with E-state index < -0.39 is 6.10 Å². The largest absolute Gasteiger partial charge is 0.387 e. The Morgan fingerprint density at radius 2 is 2.23 bits per heavy atom. The Kier molecular flexibility index (Phi) is 3.24. The molecule has 0 aromatic heterocycles. The minimum Gasteiger partial charge on any atom is -0.387 e. The zero-order valence-corrected chi connectivity index (χ0v) is 7.10. The van der Waals surface area contributed by atoms with Gasteiger partial charge in [-0.1, -0.05) is 24.3 Å². The number of aldehydes is 1. The predicted molar refractivity (Wildman–Crippen MR) is 50.2 cm³/mol. The quantitative estimate of drug-likeness (QED) is 0.557. The summed E-state index contributed by atoms with van der Waals surface area (Å²) in [4.78, 5) is 10.6. The molecular weight excluding hydrogens is 164 g/mol. The maximum absolute atomic E-state index is 10.6. The number of aliphatic hydroxyl groups excluding tert-OH is 1. The average Bonchev–Trinajstić information content (AvgIpc) is 2.18. The van der Waals surface area contributed by atoms with Gasteiger partial charge in [0.15, 0.2) is 0 Å². The number of hydrogen-bond donors (Lipinski definition) is 1. The van der Waals surface area contributed by atoms with Gasteiger partial charge in [-0.05, 0) is 5.56 Å². The van der Waals surface area contributed by atoms with Crippen LogP contribution in [-0.4, -0.2) is 11.4 Å². The number of benzene rings is 1. The Morgan fingerprint density at radius 1 is 1.54 bits per heavy atom. The maximum atomic E-state index is 10.6. The van der Waals surface area contributed by atoms with Crippen LogP contribution in [0.15, 0.2) is 24.3 Å². The third-order valence-electron chi connectivity index (χ3n) is 1.79. The van der Waals surface area contributed by atoms with Crippen LogP contribution in [0.5, 0.6) is 0 Å². The van der Waals surface area contributed by atoms with Crippen LogP contribution in [0.2, 0.25) is 0 Å². The summed E-state index contributed by atoms with van der Waals surface area (Å²) in [6, 6.07) is 6.87. The van der Waals surface area contributed by atoms with E-state index in [1.807, 2.05) is 0 Å². The molecule has 1 rings (SSSR count). The molecule has 2 nitrogen and oxygen atoms in total. The van der Waals surface area contributed by atoms with Crippen LogP contribution in [0.3, 0.4) is 0 Å². The topological polar surface area (TPSA) is 37.3 Å². The molecule has 66 valence electrons. The van der Waals surface area contributed by atoms with E-state index in [4.69, 9.17) is 6.42 Å². The van der Waals surface area contributed by atoms with Gasteiger partial charge in [-0.3, -0.25) is 4.79 Å². The molecule has 1 aromatic rings. The molecule has 0 saturated carbocycles. The van der Waals surface area contributed by atoms with Crippen LogP contribution in [0, 0.1) is 12.3 Å². The summed E-state index contributed by atoms with van der Waals surface area (Å²) in [5.74, 6) is 2.35. The van der Waals surface area contributed by atoms with Crippen molar-refractivity contribution in [2.75, 3.05) is 0 Å². The van der Waals surface area contributed by atoms with Crippen LogP contribution in [0.4, 0.5) is 0 Å². The molecule has 1 atom stereocenters. The van der Waals surface area contributed by atoms with Gasteiger partial charge >= 0.3 is 0 Å². The fourth-order valence-corrected chi connectivity index (χ4v) is 1.14. The standard InChI is InChI=1S/C11H10O2/c1-2-5-11(13)10-7-4-3-6-9(10)8-12/h1,3-4,6-8,11,13H,5H2/t11-/m1/s1. The van der Waals surface area contributed by atoms with Crippen molar-refractivity contribution >= 4 is 6.29 Å². The second-order valence-electron chi connectivity index (χ2n) is 2.67. The zero-order valence-electron chi connectivity index (χ0n) is 7.10. The minimum absolute atomic E-state index is 0.227. The van der Waals surface area contributed by atoms with Crippen molar-refractivity contribution < 1.29 is 9.90 Å². The van der Waals surface area contributed by atoms with Crippen molar-refractivity contribution in [1.82, 2.24) is 0 Å². The van der Waals surface area contributed by atoms with Gasteiger partial charge < -0.3 is 5.11 Å². The Hall–Kier alpha value is -1.59. The molecule has 0 fully saturated rings. The summed E-state index contributed by atoms with van der Waals surface area (Å²) in [6.45, 7) is 0. The van der Waals surface area contributed by atoms with Gasteiger partial charge in [-0.25, -0.2) is 0 Å². The molecule has 1 N–H and O–H groups in total. The summed E-state index contributed by atoms with van der Waals surface area (Å²) in [5.41, 5.74) is 1.08. The summed E-state index contributed by atoms with van der Waals surface area (Å²) in [6.07, 6.45) is 5.26. The molecule has 0 aliphatic carbocycles. The molecule has 0 saturated heterocycles. The lowest BCUT2D eigenvalue weighted by Gasteiger charge is -2.09. The van der Waals surface area contributed by atoms with Crippen molar-refractivity contribution in [3.63, 3.8) is 0 Å².